The molecular formula is C76H117N21O13. The van der Waals surface area contributed by atoms with Gasteiger partial charge in [-0.3, -0.25) is 62.7 Å². The van der Waals surface area contributed by atoms with Crippen LogP contribution in [0.3, 0.4) is 0 Å². The van der Waals surface area contributed by atoms with Crippen molar-refractivity contribution in [3.63, 3.8) is 0 Å². The number of benzene rings is 4. The maximum Gasteiger partial charge on any atom is 0.243 e. The van der Waals surface area contributed by atoms with E-state index < -0.39 is 125 Å². The van der Waals surface area contributed by atoms with Gasteiger partial charge in [0.05, 0.1) is 32.5 Å². The highest BCUT2D eigenvalue weighted by molar-refractivity contribution is 5.99. The number of hydrogen-bond acceptors (Lipinski definition) is 19. The molecule has 0 aliphatic rings. The van der Waals surface area contributed by atoms with E-state index in [0.29, 0.717) is 73.7 Å². The summed E-state index contributed by atoms with van der Waals surface area (Å²) in [6.45, 7) is 2.95. The third-order valence-corrected chi connectivity index (χ3v) is 17.4. The van der Waals surface area contributed by atoms with E-state index in [9.17, 15) is 52.7 Å². The van der Waals surface area contributed by atoms with Crippen LogP contribution in [0.25, 0.3) is 0 Å². The first-order valence-corrected chi connectivity index (χ1v) is 37.5. The Morgan fingerprint density at radius 2 is 0.627 bits per heavy atom. The normalized spacial score (nSPS) is 13.7. The molecule has 0 unspecified atom stereocenters. The van der Waals surface area contributed by atoms with Gasteiger partial charge in [-0.05, 0) is 126 Å². The number of guanidine groups is 2. The van der Waals surface area contributed by atoms with Crippen LogP contribution in [-0.4, -0.2) is 203 Å². The highest BCUT2D eigenvalue weighted by atomic mass is 16.5. The van der Waals surface area contributed by atoms with Crippen molar-refractivity contribution in [2.24, 2.45) is 61.6 Å². The second kappa shape index (κ2) is 53.2. The number of rotatable bonds is 56. The maximum absolute atomic E-state index is 14.9. The smallest absolute Gasteiger partial charge is 0.243 e. The van der Waals surface area contributed by atoms with E-state index in [1.54, 1.807) is 121 Å². The molecule has 0 heterocycles. The summed E-state index contributed by atoms with van der Waals surface area (Å²) in [4.78, 5) is 164. The Labute approximate surface area is 643 Å². The molecule has 0 fully saturated rings. The number of amides is 11. The fourth-order valence-corrected chi connectivity index (χ4v) is 11.4. The van der Waals surface area contributed by atoms with Crippen molar-refractivity contribution < 1.29 is 62.2 Å². The molecule has 28 N–H and O–H groups in total. The topological polar surface area (TPSA) is 585 Å². The average Bonchev–Trinajstić information content (AvgIpc) is 0.858. The highest BCUT2D eigenvalue weighted by Crippen LogP contribution is 2.14. The summed E-state index contributed by atoms with van der Waals surface area (Å²) in [7, 11) is 0. The van der Waals surface area contributed by atoms with Crippen LogP contribution in [0.2, 0.25) is 0 Å². The van der Waals surface area contributed by atoms with Crippen LogP contribution in [0.15, 0.2) is 131 Å². The van der Waals surface area contributed by atoms with Gasteiger partial charge in [-0.15, -0.1) is 0 Å². The molecular weight excluding hydrogens is 1410 g/mol. The Hall–Kier alpha value is -10.7. The zero-order valence-electron chi connectivity index (χ0n) is 63.0. The van der Waals surface area contributed by atoms with Crippen LogP contribution >= 0.6 is 0 Å². The van der Waals surface area contributed by atoms with Crippen molar-refractivity contribution in [1.82, 2.24) is 53.2 Å². The number of ether oxygens (including phenoxy) is 2. The van der Waals surface area contributed by atoms with Gasteiger partial charge >= 0.3 is 0 Å². The molecule has 4 aromatic carbocycles. The average molecular weight is 1530 g/mol. The van der Waals surface area contributed by atoms with Crippen molar-refractivity contribution in [3.8, 4) is 0 Å². The lowest BCUT2D eigenvalue weighted by Gasteiger charge is -2.28. The minimum atomic E-state index is -1.41. The van der Waals surface area contributed by atoms with Gasteiger partial charge in [0, 0.05) is 51.7 Å². The number of aliphatic imine (C=N–C) groups is 2. The molecule has 0 saturated carbocycles. The largest absolute Gasteiger partial charge is 0.379 e. The minimum absolute atomic E-state index is 0.00793. The first kappa shape index (κ1) is 91.7. The highest BCUT2D eigenvalue weighted by Gasteiger charge is 2.36. The first-order valence-electron chi connectivity index (χ1n) is 37.5. The molecule has 604 valence electrons. The number of unbranched alkanes of at least 4 members (excludes halogenated alkanes) is 3. The summed E-state index contributed by atoms with van der Waals surface area (Å²) in [6, 6.07) is 22.4. The number of hydrogen-bond donors (Lipinski definition) is 19. The molecule has 0 radical (unpaired) electrons. The van der Waals surface area contributed by atoms with Crippen LogP contribution in [0.4, 0.5) is 0 Å². The predicted octanol–water partition coefficient (Wildman–Crippen LogP) is -2.81. The van der Waals surface area contributed by atoms with Crippen LogP contribution in [0.5, 0.6) is 0 Å². The van der Waals surface area contributed by atoms with E-state index >= 15 is 0 Å². The molecule has 0 aromatic heterocycles. The van der Waals surface area contributed by atoms with Crippen LogP contribution in [-0.2, 0) is 87.9 Å². The Kier molecular flexibility index (Phi) is 44.4. The van der Waals surface area contributed by atoms with E-state index in [1.165, 1.54) is 6.92 Å². The molecule has 4 aromatic rings. The predicted molar refractivity (Wildman–Crippen MR) is 419 cm³/mol. The van der Waals surface area contributed by atoms with Crippen molar-refractivity contribution in [1.29, 1.82) is 0 Å². The van der Waals surface area contributed by atoms with Gasteiger partial charge in [0.2, 0.25) is 65.0 Å². The molecule has 110 heavy (non-hydrogen) atoms. The van der Waals surface area contributed by atoms with E-state index in [4.69, 9.17) is 61.1 Å². The van der Waals surface area contributed by atoms with E-state index in [2.05, 4.69) is 63.2 Å². The van der Waals surface area contributed by atoms with Crippen molar-refractivity contribution >= 4 is 76.9 Å². The molecule has 0 saturated heterocycles. The SMILES string of the molecule is C[C@H](NC(=O)[C@H](CCCCN)NC(=O)[C@H](CCCN=C(N)N)NC(=O)[C@H](Cc1ccccc1)NC(=O)[C@@H](N)CCCCN)C(=O)N[C@@H](Cc1ccccc1)C(=O)N[C@@H](CCCCN)C(=O)N[C@@H](CCCN=C(N)N)C(=O)N[C@@H](Cc1ccccc1)C(=O)N[C@@H](Cc1ccccc1)C(=O)NCCOCCOCCC(N)=O. The van der Waals surface area contributed by atoms with Crippen molar-refractivity contribution in [2.45, 2.75) is 183 Å². The van der Waals surface area contributed by atoms with Gasteiger partial charge < -0.3 is 114 Å². The molecule has 0 bridgehead atoms. The molecule has 11 amide bonds. The lowest BCUT2D eigenvalue weighted by molar-refractivity contribution is -0.136. The molecule has 10 atom stereocenters. The van der Waals surface area contributed by atoms with Gasteiger partial charge in [0.15, 0.2) is 11.9 Å². The zero-order chi connectivity index (χ0) is 80.4. The number of nitrogens with zero attached hydrogens (tertiary/aromatic N) is 2. The van der Waals surface area contributed by atoms with Crippen LogP contribution < -0.4 is 105 Å². The summed E-state index contributed by atoms with van der Waals surface area (Å²) in [5, 5.41) is 27.7. The number of carbonyl (C=O) groups excluding carboxylic acids is 11. The van der Waals surface area contributed by atoms with Gasteiger partial charge in [-0.1, -0.05) is 128 Å². The van der Waals surface area contributed by atoms with Gasteiger partial charge in [0.25, 0.3) is 0 Å². The monoisotopic (exact) mass is 1530 g/mol. The third-order valence-electron chi connectivity index (χ3n) is 17.4. The first-order chi connectivity index (χ1) is 52.9. The standard InChI is InChI=1S/C76H117N21O13/c1-50(89-68(102)56(31-15-18-37-78)90-70(104)58(33-20-39-87-75(82)83)93-73(107)62(48-53-26-10-4-11-27-53)95-66(100)55(80)30-14-17-36-77)65(99)94-61(47-52-24-8-3-9-25-52)72(106)92-57(32-16-19-38-79)69(103)91-59(34-21-40-88-76(84)85)71(105)97-63(49-54-28-12-5-13-29-54)74(108)96-60(46-51-22-6-2-7-23-51)67(101)86-41-43-110-45-44-109-42-35-64(81)98/h2-13,22-29,50,55-63H,14-21,30-49,77-80H2,1H3,(H2,81,98)(H,86,101)(H,89,102)(H,90,104)(H,91,103)(H,92,106)(H,93,107)(H,94,99)(H,95,100)(H,96,108)(H,97,105)(H4,82,83,87)(H4,84,85,88)/t50-,55-,56-,57-,58-,59-,60-,61-,62-,63-/m0/s1. The van der Waals surface area contributed by atoms with Crippen LogP contribution in [0.1, 0.15) is 119 Å². The van der Waals surface area contributed by atoms with Gasteiger partial charge in [-0.2, -0.15) is 0 Å². The second-order valence-electron chi connectivity index (χ2n) is 26.6. The number of primary amides is 1. The van der Waals surface area contributed by atoms with Crippen molar-refractivity contribution in [3.05, 3.63) is 144 Å². The number of nitrogens with two attached hydrogens (primary N) is 9. The molecule has 0 aliphatic heterocycles. The van der Waals surface area contributed by atoms with Gasteiger partial charge in [0.1, 0.15) is 54.4 Å². The van der Waals surface area contributed by atoms with E-state index in [1.807, 2.05) is 0 Å². The van der Waals surface area contributed by atoms with Crippen molar-refractivity contribution in [2.75, 3.05) is 65.7 Å². The summed E-state index contributed by atoms with van der Waals surface area (Å²) >= 11 is 0. The fourth-order valence-electron chi connectivity index (χ4n) is 11.4. The third kappa shape index (κ3) is 37.9. The Morgan fingerprint density at radius 3 is 0.973 bits per heavy atom. The summed E-state index contributed by atoms with van der Waals surface area (Å²) in [6.07, 6.45) is 3.15. The van der Waals surface area contributed by atoms with Crippen LogP contribution in [0, 0.1) is 0 Å². The lowest BCUT2D eigenvalue weighted by atomic mass is 10.0. The second-order valence-corrected chi connectivity index (χ2v) is 26.6. The Bertz CT molecular complexity index is 3510. The lowest BCUT2D eigenvalue weighted by Crippen LogP contribution is -2.60. The van der Waals surface area contributed by atoms with Gasteiger partial charge in [-0.25, -0.2) is 0 Å². The number of nitrogens with one attached hydrogen (secondary N) is 10. The summed E-state index contributed by atoms with van der Waals surface area (Å²) < 4.78 is 10.9. The maximum atomic E-state index is 14.9. The molecule has 0 aliphatic carbocycles. The summed E-state index contributed by atoms with van der Waals surface area (Å²) in [5.74, 6) is -8.45. The Morgan fingerprint density at radius 1 is 0.336 bits per heavy atom. The van der Waals surface area contributed by atoms with E-state index in [0.717, 1.165) is 0 Å². The minimum Gasteiger partial charge on any atom is -0.379 e. The molecule has 34 heteroatoms. The Balaban J connectivity index is 1.62. The quantitative estimate of drug-likeness (QED) is 0.0120. The molecule has 0 spiro atoms. The molecule has 4 rings (SSSR count). The van der Waals surface area contributed by atoms with E-state index in [-0.39, 0.29) is 142 Å². The molecule has 34 nitrogen and oxygen atoms in total. The zero-order valence-corrected chi connectivity index (χ0v) is 63.0. The fraction of sp³-hybridized carbons (Fsp3) is 0.513. The summed E-state index contributed by atoms with van der Waals surface area (Å²) in [5.41, 5.74) is 54.0. The number of carbonyl (C=O) groups is 11.